The molecule has 3 rings (SSSR count). The van der Waals surface area contributed by atoms with Crippen molar-refractivity contribution in [3.8, 4) is 10.6 Å². The van der Waals surface area contributed by atoms with Crippen molar-refractivity contribution in [1.82, 2.24) is 15.2 Å². The van der Waals surface area contributed by atoms with Crippen LogP contribution in [0.1, 0.15) is 16.6 Å². The van der Waals surface area contributed by atoms with E-state index in [0.29, 0.717) is 0 Å². The van der Waals surface area contributed by atoms with Gasteiger partial charge in [0.1, 0.15) is 10.0 Å². The van der Waals surface area contributed by atoms with E-state index in [4.69, 9.17) is 5.73 Å². The summed E-state index contributed by atoms with van der Waals surface area (Å²) in [5.41, 5.74) is 8.18. The van der Waals surface area contributed by atoms with Crippen LogP contribution in [0, 0.1) is 0 Å². The van der Waals surface area contributed by atoms with Gasteiger partial charge in [-0.1, -0.05) is 41.7 Å². The van der Waals surface area contributed by atoms with Gasteiger partial charge in [-0.3, -0.25) is 4.98 Å². The maximum Gasteiger partial charge on any atom is 0.149 e. The van der Waals surface area contributed by atoms with E-state index in [1.54, 1.807) is 12.4 Å². The molecule has 2 aromatic heterocycles. The maximum atomic E-state index is 6.22. The molecule has 0 saturated carbocycles. The second kappa shape index (κ2) is 5.78. The van der Waals surface area contributed by atoms with E-state index in [2.05, 4.69) is 31.1 Å². The van der Waals surface area contributed by atoms with Crippen molar-refractivity contribution >= 4 is 27.3 Å². The first kappa shape index (κ1) is 13.4. The second-order valence-electron chi connectivity index (χ2n) is 4.23. The summed E-state index contributed by atoms with van der Waals surface area (Å²) in [5, 5.41) is 10.0. The normalized spacial score (nSPS) is 12.3. The minimum Gasteiger partial charge on any atom is -0.318 e. The molecule has 20 heavy (non-hydrogen) atoms. The molecule has 100 valence electrons. The number of rotatable bonds is 3. The molecule has 0 bridgehead atoms. The zero-order valence-corrected chi connectivity index (χ0v) is 12.8. The van der Waals surface area contributed by atoms with Gasteiger partial charge in [-0.05, 0) is 27.6 Å². The highest BCUT2D eigenvalue weighted by Gasteiger charge is 2.15. The Balaban J connectivity index is 1.91. The summed E-state index contributed by atoms with van der Waals surface area (Å²) in [4.78, 5) is 4.13. The lowest BCUT2D eigenvalue weighted by molar-refractivity contribution is 0.831. The van der Waals surface area contributed by atoms with Crippen LogP contribution in [0.4, 0.5) is 0 Å². The number of halogens is 1. The van der Waals surface area contributed by atoms with Crippen molar-refractivity contribution in [3.63, 3.8) is 0 Å². The van der Waals surface area contributed by atoms with Gasteiger partial charge in [-0.2, -0.15) is 0 Å². The zero-order chi connectivity index (χ0) is 13.9. The fourth-order valence-corrected chi connectivity index (χ4v) is 3.03. The summed E-state index contributed by atoms with van der Waals surface area (Å²) < 4.78 is 0.916. The molecule has 0 saturated heterocycles. The molecule has 1 atom stereocenters. The molecule has 0 aliphatic carbocycles. The van der Waals surface area contributed by atoms with Gasteiger partial charge in [0.05, 0.1) is 6.04 Å². The number of pyridine rings is 1. The molecule has 0 radical (unpaired) electrons. The van der Waals surface area contributed by atoms with Crippen LogP contribution >= 0.6 is 27.3 Å². The van der Waals surface area contributed by atoms with Crippen molar-refractivity contribution in [2.24, 2.45) is 5.73 Å². The van der Waals surface area contributed by atoms with E-state index in [0.717, 1.165) is 25.6 Å². The second-order valence-corrected chi connectivity index (χ2v) is 6.15. The molecule has 2 N–H and O–H groups in total. The molecule has 4 nitrogen and oxygen atoms in total. The maximum absolute atomic E-state index is 6.22. The third kappa shape index (κ3) is 2.77. The Hall–Kier alpha value is -1.63. The molecule has 0 fully saturated rings. The standard InChI is InChI=1S/C14H11BrN4S/c15-11-6-10(7-17-8-11)13-18-19-14(20-13)12(16)9-4-2-1-3-5-9/h1-8,12H,16H2. The Kier molecular flexibility index (Phi) is 3.86. The van der Waals surface area contributed by atoms with E-state index in [9.17, 15) is 0 Å². The first-order valence-electron chi connectivity index (χ1n) is 5.99. The van der Waals surface area contributed by atoms with E-state index in [1.807, 2.05) is 36.4 Å². The summed E-state index contributed by atoms with van der Waals surface area (Å²) in [6.07, 6.45) is 3.50. The topological polar surface area (TPSA) is 64.7 Å². The molecular formula is C14H11BrN4S. The smallest absolute Gasteiger partial charge is 0.149 e. The van der Waals surface area contributed by atoms with Crippen LogP contribution in [0.5, 0.6) is 0 Å². The van der Waals surface area contributed by atoms with Gasteiger partial charge < -0.3 is 5.73 Å². The lowest BCUT2D eigenvalue weighted by Crippen LogP contribution is -2.11. The Labute approximate surface area is 128 Å². The van der Waals surface area contributed by atoms with E-state index in [1.165, 1.54) is 11.3 Å². The lowest BCUT2D eigenvalue weighted by atomic mass is 10.1. The average Bonchev–Trinajstić information content (AvgIpc) is 2.97. The van der Waals surface area contributed by atoms with E-state index < -0.39 is 0 Å². The Morgan fingerprint density at radius 1 is 1.10 bits per heavy atom. The quantitative estimate of drug-likeness (QED) is 0.789. The number of nitrogens with two attached hydrogens (primary N) is 1. The van der Waals surface area contributed by atoms with Crippen molar-refractivity contribution in [2.45, 2.75) is 6.04 Å². The van der Waals surface area contributed by atoms with Crippen molar-refractivity contribution in [3.05, 3.63) is 63.8 Å². The zero-order valence-electron chi connectivity index (χ0n) is 10.4. The summed E-state index contributed by atoms with van der Waals surface area (Å²) in [6.45, 7) is 0. The Bertz CT molecular complexity index is 714. The summed E-state index contributed by atoms with van der Waals surface area (Å²) >= 11 is 4.89. The van der Waals surface area contributed by atoms with Gasteiger partial charge in [0.15, 0.2) is 0 Å². The van der Waals surface area contributed by atoms with Gasteiger partial charge in [0.25, 0.3) is 0 Å². The van der Waals surface area contributed by atoms with Crippen molar-refractivity contribution in [2.75, 3.05) is 0 Å². The fourth-order valence-electron chi connectivity index (χ4n) is 1.81. The molecule has 1 unspecified atom stereocenters. The van der Waals surface area contributed by atoms with Crippen LogP contribution in [0.25, 0.3) is 10.6 Å². The van der Waals surface area contributed by atoms with E-state index in [-0.39, 0.29) is 6.04 Å². The minimum absolute atomic E-state index is 0.248. The van der Waals surface area contributed by atoms with Crippen LogP contribution in [0.15, 0.2) is 53.3 Å². The first-order valence-corrected chi connectivity index (χ1v) is 7.60. The van der Waals surface area contributed by atoms with Gasteiger partial charge in [0, 0.05) is 22.4 Å². The summed E-state index contributed by atoms with van der Waals surface area (Å²) in [5.74, 6) is 0. The van der Waals surface area contributed by atoms with Crippen LogP contribution in [0.3, 0.4) is 0 Å². The molecule has 0 spiro atoms. The summed E-state index contributed by atoms with van der Waals surface area (Å²) in [7, 11) is 0. The first-order chi connectivity index (χ1) is 9.74. The molecule has 0 amide bonds. The van der Waals surface area contributed by atoms with Gasteiger partial charge in [-0.25, -0.2) is 0 Å². The van der Waals surface area contributed by atoms with Crippen molar-refractivity contribution in [1.29, 1.82) is 0 Å². The largest absolute Gasteiger partial charge is 0.318 e. The number of aromatic nitrogens is 3. The highest BCUT2D eigenvalue weighted by Crippen LogP contribution is 2.29. The minimum atomic E-state index is -0.248. The van der Waals surface area contributed by atoms with Crippen LogP contribution in [-0.4, -0.2) is 15.2 Å². The monoisotopic (exact) mass is 346 g/mol. The number of benzene rings is 1. The predicted molar refractivity (Wildman–Crippen MR) is 83.3 cm³/mol. The number of hydrogen-bond acceptors (Lipinski definition) is 5. The van der Waals surface area contributed by atoms with Gasteiger partial charge >= 0.3 is 0 Å². The predicted octanol–water partition coefficient (Wildman–Crippen LogP) is 3.41. The molecule has 0 aliphatic rings. The third-order valence-electron chi connectivity index (χ3n) is 2.82. The lowest BCUT2D eigenvalue weighted by Gasteiger charge is -2.06. The van der Waals surface area contributed by atoms with E-state index >= 15 is 0 Å². The van der Waals surface area contributed by atoms with Gasteiger partial charge in [-0.15, -0.1) is 10.2 Å². The molecule has 1 aromatic carbocycles. The highest BCUT2D eigenvalue weighted by molar-refractivity contribution is 9.10. The SMILES string of the molecule is NC(c1ccccc1)c1nnc(-c2cncc(Br)c2)s1. The van der Waals surface area contributed by atoms with Crippen LogP contribution in [0.2, 0.25) is 0 Å². The summed E-state index contributed by atoms with van der Waals surface area (Å²) in [6, 6.07) is 11.6. The molecule has 6 heteroatoms. The molecule has 0 aliphatic heterocycles. The molecule has 3 aromatic rings. The number of nitrogens with zero attached hydrogens (tertiary/aromatic N) is 3. The highest BCUT2D eigenvalue weighted by atomic mass is 79.9. The van der Waals surface area contributed by atoms with Gasteiger partial charge in [0.2, 0.25) is 0 Å². The Morgan fingerprint density at radius 3 is 2.65 bits per heavy atom. The Morgan fingerprint density at radius 2 is 1.90 bits per heavy atom. The average molecular weight is 347 g/mol. The third-order valence-corrected chi connectivity index (χ3v) is 4.31. The fraction of sp³-hybridized carbons (Fsp3) is 0.0714. The number of hydrogen-bond donors (Lipinski definition) is 1. The van der Waals surface area contributed by atoms with Crippen LogP contribution in [-0.2, 0) is 0 Å². The molecular weight excluding hydrogens is 336 g/mol. The van der Waals surface area contributed by atoms with Crippen molar-refractivity contribution < 1.29 is 0 Å². The van der Waals surface area contributed by atoms with Crippen LogP contribution < -0.4 is 5.73 Å². The molecule has 2 heterocycles.